The van der Waals surface area contributed by atoms with Gasteiger partial charge < -0.3 is 5.73 Å². The first-order chi connectivity index (χ1) is 8.90. The largest absolute Gasteiger partial charge is 0.330 e. The summed E-state index contributed by atoms with van der Waals surface area (Å²) >= 11 is 0. The van der Waals surface area contributed by atoms with Crippen molar-refractivity contribution in [3.05, 3.63) is 33.9 Å². The highest BCUT2D eigenvalue weighted by Crippen LogP contribution is 2.36. The molecule has 0 fully saturated rings. The van der Waals surface area contributed by atoms with E-state index in [2.05, 4.69) is 47.6 Å². The molecule has 1 unspecified atom stereocenters. The van der Waals surface area contributed by atoms with Crippen molar-refractivity contribution in [3.8, 4) is 0 Å². The van der Waals surface area contributed by atoms with E-state index in [0.717, 1.165) is 13.0 Å². The average molecular weight is 261 g/mol. The van der Waals surface area contributed by atoms with Gasteiger partial charge in [0.25, 0.3) is 0 Å². The number of hydrogen-bond donors (Lipinski definition) is 1. The van der Waals surface area contributed by atoms with E-state index < -0.39 is 0 Å². The fourth-order valence-electron chi connectivity index (χ4n) is 3.12. The Hall–Kier alpha value is -0.820. The molecule has 19 heavy (non-hydrogen) atoms. The van der Waals surface area contributed by atoms with Gasteiger partial charge in [0.1, 0.15) is 0 Å². The molecule has 1 nitrogen and oxygen atoms in total. The molecule has 0 heterocycles. The molecule has 0 aromatic heterocycles. The zero-order valence-corrected chi connectivity index (χ0v) is 13.6. The number of hydrogen-bond acceptors (Lipinski definition) is 1. The molecular formula is C18H31N. The lowest BCUT2D eigenvalue weighted by Gasteiger charge is -2.27. The molecular weight excluding hydrogens is 230 g/mol. The van der Waals surface area contributed by atoms with E-state index in [0.29, 0.717) is 11.8 Å². The summed E-state index contributed by atoms with van der Waals surface area (Å²) in [6.07, 6.45) is 3.65. The molecule has 0 aliphatic carbocycles. The second kappa shape index (κ2) is 7.09. The van der Waals surface area contributed by atoms with Crippen molar-refractivity contribution >= 4 is 0 Å². The van der Waals surface area contributed by atoms with Crippen LogP contribution >= 0.6 is 0 Å². The maximum atomic E-state index is 5.64. The van der Waals surface area contributed by atoms with E-state index in [1.54, 1.807) is 5.56 Å². The zero-order valence-electron chi connectivity index (χ0n) is 13.6. The Morgan fingerprint density at radius 2 is 1.47 bits per heavy atom. The lowest BCUT2D eigenvalue weighted by Crippen LogP contribution is -2.13. The highest BCUT2D eigenvalue weighted by molar-refractivity contribution is 5.46. The minimum absolute atomic E-state index is 0.671. The molecule has 1 heteroatoms. The van der Waals surface area contributed by atoms with Crippen molar-refractivity contribution in [2.75, 3.05) is 6.54 Å². The smallest absolute Gasteiger partial charge is 0.00773 e. The summed E-state index contributed by atoms with van der Waals surface area (Å²) in [6, 6.07) is 2.32. The van der Waals surface area contributed by atoms with Gasteiger partial charge in [-0.25, -0.2) is 0 Å². The summed E-state index contributed by atoms with van der Waals surface area (Å²) in [4.78, 5) is 0. The molecule has 1 rings (SSSR count). The molecule has 0 aliphatic rings. The van der Waals surface area contributed by atoms with Gasteiger partial charge in [0.15, 0.2) is 0 Å². The van der Waals surface area contributed by atoms with Gasteiger partial charge >= 0.3 is 0 Å². The van der Waals surface area contributed by atoms with Crippen LogP contribution in [0.15, 0.2) is 6.07 Å². The summed E-state index contributed by atoms with van der Waals surface area (Å²) in [6.45, 7) is 14.6. The van der Waals surface area contributed by atoms with Crippen LogP contribution < -0.4 is 5.73 Å². The quantitative estimate of drug-likeness (QED) is 0.732. The third-order valence-electron chi connectivity index (χ3n) is 4.57. The van der Waals surface area contributed by atoms with Gasteiger partial charge in [-0.2, -0.15) is 0 Å². The van der Waals surface area contributed by atoms with Crippen LogP contribution in [0, 0.1) is 33.6 Å². The molecule has 1 aromatic rings. The molecule has 2 N–H and O–H groups in total. The maximum absolute atomic E-state index is 5.64. The summed E-state index contributed by atoms with van der Waals surface area (Å²) in [7, 11) is 0. The second-order valence-corrected chi connectivity index (χ2v) is 6.31. The van der Waals surface area contributed by atoms with Crippen LogP contribution in [-0.2, 0) is 0 Å². The number of aryl methyl sites for hydroxylation is 2. The highest BCUT2D eigenvalue weighted by atomic mass is 14.5. The second-order valence-electron chi connectivity index (χ2n) is 6.31. The average Bonchev–Trinajstić information content (AvgIpc) is 2.34. The Morgan fingerprint density at radius 3 is 1.89 bits per heavy atom. The predicted molar refractivity (Wildman–Crippen MR) is 85.9 cm³/mol. The number of nitrogens with two attached hydrogens (primary N) is 1. The Kier molecular flexibility index (Phi) is 6.06. The van der Waals surface area contributed by atoms with Gasteiger partial charge in [-0.3, -0.25) is 0 Å². The summed E-state index contributed by atoms with van der Waals surface area (Å²) in [5.41, 5.74) is 13.1. The van der Waals surface area contributed by atoms with E-state index in [9.17, 15) is 0 Å². The third-order valence-corrected chi connectivity index (χ3v) is 4.57. The van der Waals surface area contributed by atoms with Crippen LogP contribution in [0.1, 0.15) is 66.8 Å². The van der Waals surface area contributed by atoms with Gasteiger partial charge in [0.05, 0.1) is 0 Å². The third kappa shape index (κ3) is 3.82. The van der Waals surface area contributed by atoms with Crippen LogP contribution in [0.2, 0.25) is 0 Å². The van der Waals surface area contributed by atoms with Crippen molar-refractivity contribution in [2.24, 2.45) is 11.7 Å². The van der Waals surface area contributed by atoms with Gasteiger partial charge in [-0.05, 0) is 86.7 Å². The molecule has 0 saturated heterocycles. The Balaban J connectivity index is 3.15. The van der Waals surface area contributed by atoms with E-state index >= 15 is 0 Å². The molecule has 0 amide bonds. The van der Waals surface area contributed by atoms with Crippen LogP contribution in [0.25, 0.3) is 0 Å². The lowest BCUT2D eigenvalue weighted by molar-refractivity contribution is 0.446. The van der Waals surface area contributed by atoms with E-state index in [-0.39, 0.29) is 0 Å². The maximum Gasteiger partial charge on any atom is -0.00773 e. The molecule has 0 spiro atoms. The molecule has 1 atom stereocenters. The van der Waals surface area contributed by atoms with Gasteiger partial charge in [-0.15, -0.1) is 0 Å². The topological polar surface area (TPSA) is 26.0 Å². The fourth-order valence-corrected chi connectivity index (χ4v) is 3.12. The summed E-state index contributed by atoms with van der Waals surface area (Å²) in [5.74, 6) is 1.36. The molecule has 0 radical (unpaired) electrons. The monoisotopic (exact) mass is 261 g/mol. The number of benzene rings is 1. The molecule has 0 aliphatic heterocycles. The van der Waals surface area contributed by atoms with Crippen molar-refractivity contribution in [1.82, 2.24) is 0 Å². The zero-order chi connectivity index (χ0) is 14.6. The molecule has 0 saturated carbocycles. The van der Waals surface area contributed by atoms with Crippen LogP contribution in [0.4, 0.5) is 0 Å². The van der Waals surface area contributed by atoms with Crippen molar-refractivity contribution in [3.63, 3.8) is 0 Å². The standard InChI is InChI=1S/C18H31N/c1-12(2)17(9-7-8-10-19)18-15(5)13(3)11-14(4)16(18)6/h11-12,17H,7-10,19H2,1-6H3. The minimum Gasteiger partial charge on any atom is -0.330 e. The Morgan fingerprint density at radius 1 is 0.947 bits per heavy atom. The fraction of sp³-hybridized carbons (Fsp3) is 0.667. The highest BCUT2D eigenvalue weighted by Gasteiger charge is 2.21. The first kappa shape index (κ1) is 16.2. The minimum atomic E-state index is 0.671. The van der Waals surface area contributed by atoms with E-state index in [1.165, 1.54) is 35.1 Å². The number of unbranched alkanes of at least 4 members (excludes halogenated alkanes) is 1. The Labute approximate surface area is 119 Å². The van der Waals surface area contributed by atoms with Crippen LogP contribution in [-0.4, -0.2) is 6.54 Å². The summed E-state index contributed by atoms with van der Waals surface area (Å²) < 4.78 is 0. The molecule has 108 valence electrons. The van der Waals surface area contributed by atoms with Gasteiger partial charge in [-0.1, -0.05) is 26.3 Å². The first-order valence-corrected chi connectivity index (χ1v) is 7.67. The van der Waals surface area contributed by atoms with Crippen LogP contribution in [0.3, 0.4) is 0 Å². The first-order valence-electron chi connectivity index (χ1n) is 7.67. The van der Waals surface area contributed by atoms with Crippen molar-refractivity contribution in [2.45, 2.75) is 66.7 Å². The van der Waals surface area contributed by atoms with E-state index in [1.807, 2.05) is 0 Å². The van der Waals surface area contributed by atoms with Crippen molar-refractivity contribution < 1.29 is 0 Å². The predicted octanol–water partition coefficient (Wildman–Crippen LogP) is 4.79. The molecule has 0 bridgehead atoms. The van der Waals surface area contributed by atoms with Crippen molar-refractivity contribution in [1.29, 1.82) is 0 Å². The number of rotatable bonds is 6. The van der Waals surface area contributed by atoms with Gasteiger partial charge in [0, 0.05) is 0 Å². The normalized spacial score (nSPS) is 13.1. The molecule has 1 aromatic carbocycles. The van der Waals surface area contributed by atoms with E-state index in [4.69, 9.17) is 5.73 Å². The summed E-state index contributed by atoms with van der Waals surface area (Å²) in [5, 5.41) is 0. The van der Waals surface area contributed by atoms with Crippen LogP contribution in [0.5, 0.6) is 0 Å². The SMILES string of the molecule is Cc1cc(C)c(C)c(C(CCCCN)C(C)C)c1C. The lowest BCUT2D eigenvalue weighted by atomic mass is 9.78. The van der Waals surface area contributed by atoms with Gasteiger partial charge in [0.2, 0.25) is 0 Å². The Bertz CT molecular complexity index is 392.